The Hall–Kier alpha value is -1.86. The van der Waals surface area contributed by atoms with Crippen LogP contribution in [0.25, 0.3) is 0 Å². The normalized spacial score (nSPS) is 14.9. The van der Waals surface area contributed by atoms with Crippen LogP contribution in [0, 0.1) is 0 Å². The topological polar surface area (TPSA) is 66.8 Å². The van der Waals surface area contributed by atoms with Crippen molar-refractivity contribution in [2.75, 3.05) is 0 Å². The van der Waals surface area contributed by atoms with Crippen LogP contribution < -0.4 is 0 Å². The van der Waals surface area contributed by atoms with Crippen LogP contribution in [0.5, 0.6) is 0 Å². The maximum Gasteiger partial charge on any atom is 0.411 e. The van der Waals surface area contributed by atoms with Crippen molar-refractivity contribution in [3.63, 3.8) is 0 Å². The average Bonchev–Trinajstić information content (AvgIpc) is 3.32. The third kappa shape index (κ3) is 3.79. The predicted molar refractivity (Wildman–Crippen MR) is 93.9 cm³/mol. The summed E-state index contributed by atoms with van der Waals surface area (Å²) in [7, 11) is 0. The Morgan fingerprint density at radius 1 is 1.29 bits per heavy atom. The number of thiophene rings is 1. The van der Waals surface area contributed by atoms with Crippen molar-refractivity contribution in [2.45, 2.75) is 31.5 Å². The number of halogens is 1. The molecule has 1 aliphatic carbocycles. The summed E-state index contributed by atoms with van der Waals surface area (Å²) >= 11 is 4.68. The van der Waals surface area contributed by atoms with E-state index in [0.29, 0.717) is 9.35 Å². The summed E-state index contributed by atoms with van der Waals surface area (Å²) in [5, 5.41) is 11.5. The molecule has 1 amide bonds. The summed E-state index contributed by atoms with van der Waals surface area (Å²) in [5.74, 6) is -1.05. The fraction of sp³-hybridized carbons (Fsp3) is 0.294. The molecule has 24 heavy (non-hydrogen) atoms. The lowest BCUT2D eigenvalue weighted by Crippen LogP contribution is -2.40. The molecule has 1 heterocycles. The van der Waals surface area contributed by atoms with Gasteiger partial charge in [-0.3, -0.25) is 4.90 Å². The molecule has 7 heteroatoms. The number of ether oxygens (including phenoxy) is 1. The van der Waals surface area contributed by atoms with Gasteiger partial charge in [-0.25, -0.2) is 9.59 Å². The lowest BCUT2D eigenvalue weighted by atomic mass is 10.2. The molecule has 0 saturated heterocycles. The van der Waals surface area contributed by atoms with Crippen LogP contribution in [0.2, 0.25) is 0 Å². The van der Waals surface area contributed by atoms with E-state index in [-0.39, 0.29) is 12.6 Å². The molecule has 1 aromatic heterocycles. The highest BCUT2D eigenvalue weighted by Gasteiger charge is 2.43. The monoisotopic (exact) mass is 409 g/mol. The summed E-state index contributed by atoms with van der Waals surface area (Å²) in [6, 6.07) is 10.0. The number of aliphatic carboxylic acids is 1. The second-order valence-corrected chi connectivity index (χ2v) is 7.35. The number of rotatable bonds is 6. The fourth-order valence-electron chi connectivity index (χ4n) is 2.47. The van der Waals surface area contributed by atoms with Gasteiger partial charge in [-0.2, -0.15) is 0 Å². The summed E-state index contributed by atoms with van der Waals surface area (Å²) in [6.45, 7) is 0.126. The van der Waals surface area contributed by atoms with Crippen molar-refractivity contribution in [3.8, 4) is 0 Å². The number of carbonyl (C=O) groups is 2. The first-order chi connectivity index (χ1) is 11.6. The second-order valence-electron chi connectivity index (χ2n) is 5.55. The Morgan fingerprint density at radius 2 is 2.00 bits per heavy atom. The van der Waals surface area contributed by atoms with Gasteiger partial charge in [0.25, 0.3) is 0 Å². The molecule has 0 spiro atoms. The van der Waals surface area contributed by atoms with Crippen LogP contribution in [0.15, 0.2) is 46.3 Å². The maximum absolute atomic E-state index is 12.6. The van der Waals surface area contributed by atoms with Gasteiger partial charge in [0.2, 0.25) is 0 Å². The molecule has 1 N–H and O–H groups in total. The molecular weight excluding hydrogens is 394 g/mol. The molecule has 1 atom stereocenters. The van der Waals surface area contributed by atoms with E-state index in [1.807, 2.05) is 30.3 Å². The number of carbonyl (C=O) groups excluding carboxylic acids is 1. The quantitative estimate of drug-likeness (QED) is 0.765. The summed E-state index contributed by atoms with van der Waals surface area (Å²) in [5.41, 5.74) is 0.866. The Labute approximate surface area is 152 Å². The largest absolute Gasteiger partial charge is 0.479 e. The third-order valence-corrected chi connectivity index (χ3v) is 5.68. The molecule has 126 valence electrons. The SMILES string of the molecule is O=C(O)C(c1sccc1Br)N(C(=O)OCc1ccccc1)C1CC1. The Kier molecular flexibility index (Phi) is 5.20. The average molecular weight is 410 g/mol. The zero-order chi connectivity index (χ0) is 17.1. The minimum absolute atomic E-state index is 0.0802. The molecule has 2 aromatic rings. The van der Waals surface area contributed by atoms with Crippen molar-refractivity contribution >= 4 is 39.3 Å². The van der Waals surface area contributed by atoms with E-state index in [9.17, 15) is 14.7 Å². The van der Waals surface area contributed by atoms with E-state index in [0.717, 1.165) is 18.4 Å². The number of amides is 1. The summed E-state index contributed by atoms with van der Waals surface area (Å²) in [4.78, 5) is 26.4. The van der Waals surface area contributed by atoms with Crippen molar-refractivity contribution < 1.29 is 19.4 Å². The van der Waals surface area contributed by atoms with Gasteiger partial charge in [0.15, 0.2) is 6.04 Å². The molecule has 5 nitrogen and oxygen atoms in total. The summed E-state index contributed by atoms with van der Waals surface area (Å²) < 4.78 is 6.07. The second kappa shape index (κ2) is 7.36. The lowest BCUT2D eigenvalue weighted by Gasteiger charge is -2.28. The van der Waals surface area contributed by atoms with Crippen LogP contribution in [0.4, 0.5) is 4.79 Å². The molecule has 3 rings (SSSR count). The zero-order valence-corrected chi connectivity index (χ0v) is 15.1. The number of carboxylic acids is 1. The highest BCUT2D eigenvalue weighted by Crippen LogP contribution is 2.39. The first-order valence-corrected chi connectivity index (χ1v) is 9.20. The van der Waals surface area contributed by atoms with E-state index in [1.165, 1.54) is 16.2 Å². The first kappa shape index (κ1) is 17.0. The van der Waals surface area contributed by atoms with Gasteiger partial charge >= 0.3 is 12.1 Å². The molecule has 1 unspecified atom stereocenters. The first-order valence-electron chi connectivity index (χ1n) is 7.52. The number of nitrogens with zero attached hydrogens (tertiary/aromatic N) is 1. The smallest absolute Gasteiger partial charge is 0.411 e. The van der Waals surface area contributed by atoms with E-state index < -0.39 is 18.1 Å². The van der Waals surface area contributed by atoms with Gasteiger partial charge in [0.05, 0.1) is 4.88 Å². The van der Waals surface area contributed by atoms with E-state index in [1.54, 1.807) is 11.4 Å². The molecular formula is C17H16BrNO4S. The minimum atomic E-state index is -1.05. The predicted octanol–water partition coefficient (Wildman–Crippen LogP) is 4.44. The number of hydrogen-bond acceptors (Lipinski definition) is 4. The maximum atomic E-state index is 12.6. The van der Waals surface area contributed by atoms with E-state index >= 15 is 0 Å². The van der Waals surface area contributed by atoms with Crippen molar-refractivity contribution in [3.05, 3.63) is 56.7 Å². The third-order valence-electron chi connectivity index (χ3n) is 3.76. The van der Waals surface area contributed by atoms with E-state index in [4.69, 9.17) is 4.74 Å². The molecule has 1 aliphatic rings. The van der Waals surface area contributed by atoms with Crippen LogP contribution in [-0.2, 0) is 16.1 Å². The van der Waals surface area contributed by atoms with Gasteiger partial charge in [0.1, 0.15) is 6.61 Å². The van der Waals surface area contributed by atoms with Gasteiger partial charge in [-0.1, -0.05) is 30.3 Å². The molecule has 1 fully saturated rings. The molecule has 0 radical (unpaired) electrons. The standard InChI is InChI=1S/C17H16BrNO4S/c18-13-8-9-24-15(13)14(16(20)21)19(12-6-7-12)17(22)23-10-11-4-2-1-3-5-11/h1-5,8-9,12,14H,6-7,10H2,(H,20,21). The Bertz CT molecular complexity index is 729. The minimum Gasteiger partial charge on any atom is -0.479 e. The Balaban J connectivity index is 1.79. The van der Waals surface area contributed by atoms with Gasteiger partial charge < -0.3 is 9.84 Å². The van der Waals surface area contributed by atoms with E-state index in [2.05, 4.69) is 15.9 Å². The van der Waals surface area contributed by atoms with Gasteiger partial charge in [-0.15, -0.1) is 11.3 Å². The molecule has 0 bridgehead atoms. The summed E-state index contributed by atoms with van der Waals surface area (Å²) in [6.07, 6.45) is 1.01. The van der Waals surface area contributed by atoms with Crippen molar-refractivity contribution in [1.29, 1.82) is 0 Å². The fourth-order valence-corrected chi connectivity index (χ4v) is 4.15. The number of benzene rings is 1. The molecule has 1 aromatic carbocycles. The van der Waals surface area contributed by atoms with Gasteiger partial charge in [-0.05, 0) is 45.8 Å². The highest BCUT2D eigenvalue weighted by molar-refractivity contribution is 9.10. The zero-order valence-electron chi connectivity index (χ0n) is 12.7. The van der Waals surface area contributed by atoms with Crippen LogP contribution in [0.3, 0.4) is 0 Å². The van der Waals surface area contributed by atoms with Crippen LogP contribution in [0.1, 0.15) is 29.3 Å². The van der Waals surface area contributed by atoms with Crippen LogP contribution >= 0.6 is 27.3 Å². The van der Waals surface area contributed by atoms with Crippen LogP contribution in [-0.4, -0.2) is 28.1 Å². The Morgan fingerprint density at radius 3 is 2.54 bits per heavy atom. The van der Waals surface area contributed by atoms with Crippen molar-refractivity contribution in [1.82, 2.24) is 4.90 Å². The number of hydrogen-bond donors (Lipinski definition) is 1. The molecule has 1 saturated carbocycles. The molecule has 0 aliphatic heterocycles. The van der Waals surface area contributed by atoms with Gasteiger partial charge in [0, 0.05) is 10.5 Å². The highest BCUT2D eigenvalue weighted by atomic mass is 79.9. The van der Waals surface area contributed by atoms with Crippen molar-refractivity contribution in [2.24, 2.45) is 0 Å². The number of carboxylic acid groups (broad SMARTS) is 1. The lowest BCUT2D eigenvalue weighted by molar-refractivity contribution is -0.143.